The fourth-order valence-electron chi connectivity index (χ4n) is 1.00. The average Bonchev–Trinajstić information content (AvgIpc) is 2.32. The van der Waals surface area contributed by atoms with Crippen molar-refractivity contribution in [2.45, 2.75) is 0 Å². The van der Waals surface area contributed by atoms with Crippen molar-refractivity contribution in [3.05, 3.63) is 28.0 Å². The molecule has 0 atom stereocenters. The Kier molecular flexibility index (Phi) is 4.95. The van der Waals surface area contributed by atoms with Gasteiger partial charge in [-0.2, -0.15) is 10.5 Å². The largest absolute Gasteiger partial charge is 0.271 e. The predicted molar refractivity (Wildman–Crippen MR) is 68.2 cm³/mol. The zero-order valence-electron chi connectivity index (χ0n) is 8.66. The number of rotatable bonds is 1. The molecule has 7 heteroatoms. The molecule has 0 fully saturated rings. The van der Waals surface area contributed by atoms with E-state index in [4.69, 9.17) is 10.5 Å². The highest BCUT2D eigenvalue weighted by molar-refractivity contribution is 9.10. The molecule has 0 spiro atoms. The van der Waals surface area contributed by atoms with Crippen molar-refractivity contribution >= 4 is 38.5 Å². The molecule has 0 amide bonds. The van der Waals surface area contributed by atoms with Gasteiger partial charge in [0.05, 0.1) is 15.7 Å². The lowest BCUT2D eigenvalue weighted by Crippen LogP contribution is -2.12. The van der Waals surface area contributed by atoms with Crippen LogP contribution in [0.4, 0.5) is 10.1 Å². The molecule has 17 heavy (non-hydrogen) atoms. The summed E-state index contributed by atoms with van der Waals surface area (Å²) in [5.41, 5.74) is 0.407. The summed E-state index contributed by atoms with van der Waals surface area (Å²) < 4.78 is 13.5. The van der Waals surface area contributed by atoms with E-state index in [0.717, 1.165) is 6.07 Å². The van der Waals surface area contributed by atoms with Gasteiger partial charge in [0.1, 0.15) is 11.9 Å². The molecule has 86 valence electrons. The number of amidine groups is 1. The Morgan fingerprint density at radius 3 is 2.76 bits per heavy atom. The highest BCUT2D eigenvalue weighted by Crippen LogP contribution is 2.26. The molecule has 1 N–H and O–H groups in total. The maximum Gasteiger partial charge on any atom is 0.183 e. The van der Waals surface area contributed by atoms with Crippen molar-refractivity contribution in [1.29, 1.82) is 10.5 Å². The van der Waals surface area contributed by atoms with Crippen LogP contribution in [0.5, 0.6) is 0 Å². The van der Waals surface area contributed by atoms with Crippen LogP contribution in [0, 0.1) is 28.6 Å². The summed E-state index contributed by atoms with van der Waals surface area (Å²) in [5.74, 6) is -0.514. The summed E-state index contributed by atoms with van der Waals surface area (Å²) in [4.78, 5) is 4.00. The summed E-state index contributed by atoms with van der Waals surface area (Å²) in [6.07, 6.45) is 3.43. The number of nitriles is 2. The Labute approximate surface area is 110 Å². The topological polar surface area (TPSA) is 72.0 Å². The lowest BCUT2D eigenvalue weighted by atomic mass is 10.2. The lowest BCUT2D eigenvalue weighted by Gasteiger charge is -2.03. The smallest absolute Gasteiger partial charge is 0.183 e. The molecule has 0 saturated carbocycles. The van der Waals surface area contributed by atoms with Gasteiger partial charge < -0.3 is 0 Å². The summed E-state index contributed by atoms with van der Waals surface area (Å²) in [7, 11) is 0. The van der Waals surface area contributed by atoms with E-state index in [9.17, 15) is 4.39 Å². The van der Waals surface area contributed by atoms with Crippen LogP contribution < -0.4 is 5.32 Å². The van der Waals surface area contributed by atoms with Gasteiger partial charge in [-0.15, -0.1) is 0 Å². The Morgan fingerprint density at radius 1 is 1.53 bits per heavy atom. The van der Waals surface area contributed by atoms with E-state index in [1.807, 2.05) is 6.07 Å². The minimum absolute atomic E-state index is 0.181. The van der Waals surface area contributed by atoms with Gasteiger partial charge in [0.25, 0.3) is 0 Å². The third-order valence-electron chi connectivity index (χ3n) is 1.74. The first-order valence-electron chi connectivity index (χ1n) is 4.29. The van der Waals surface area contributed by atoms with E-state index in [1.165, 1.54) is 17.8 Å². The fraction of sp³-hybridized carbons (Fsp3) is 0.100. The number of halogens is 2. The maximum absolute atomic E-state index is 13.3. The molecule has 0 radical (unpaired) electrons. The Balaban J connectivity index is 3.27. The Bertz CT molecular complexity index is 544. The van der Waals surface area contributed by atoms with Crippen molar-refractivity contribution in [3.8, 4) is 12.3 Å². The second-order valence-corrected chi connectivity index (χ2v) is 4.40. The molecule has 0 aliphatic heterocycles. The van der Waals surface area contributed by atoms with E-state index in [-0.39, 0.29) is 15.7 Å². The molecule has 0 heterocycles. The van der Waals surface area contributed by atoms with E-state index in [2.05, 4.69) is 26.2 Å². The number of nitrogens with one attached hydrogen (secondary N) is 1. The number of nitrogens with zero attached hydrogens (tertiary/aromatic N) is 3. The van der Waals surface area contributed by atoms with Crippen molar-refractivity contribution in [1.82, 2.24) is 5.32 Å². The van der Waals surface area contributed by atoms with Gasteiger partial charge >= 0.3 is 0 Å². The minimum Gasteiger partial charge on any atom is -0.271 e. The van der Waals surface area contributed by atoms with Crippen LogP contribution in [0.2, 0.25) is 0 Å². The van der Waals surface area contributed by atoms with Gasteiger partial charge in [-0.25, -0.2) is 9.38 Å². The van der Waals surface area contributed by atoms with Gasteiger partial charge in [0.15, 0.2) is 11.4 Å². The van der Waals surface area contributed by atoms with E-state index in [0.29, 0.717) is 5.17 Å². The van der Waals surface area contributed by atoms with Crippen LogP contribution in [-0.2, 0) is 0 Å². The van der Waals surface area contributed by atoms with Crippen molar-refractivity contribution in [2.24, 2.45) is 4.99 Å². The van der Waals surface area contributed by atoms with E-state index >= 15 is 0 Å². The van der Waals surface area contributed by atoms with E-state index < -0.39 is 5.82 Å². The number of hydrogen-bond acceptors (Lipinski definition) is 4. The quantitative estimate of drug-likeness (QED) is 0.374. The van der Waals surface area contributed by atoms with Crippen molar-refractivity contribution < 1.29 is 4.39 Å². The van der Waals surface area contributed by atoms with Crippen LogP contribution in [0.15, 0.2) is 21.6 Å². The van der Waals surface area contributed by atoms with Crippen molar-refractivity contribution in [2.75, 3.05) is 6.26 Å². The van der Waals surface area contributed by atoms with E-state index in [1.54, 1.807) is 12.4 Å². The monoisotopic (exact) mass is 312 g/mol. The molecular formula is C10H6BrFN4S. The first-order valence-corrected chi connectivity index (χ1v) is 6.31. The summed E-state index contributed by atoms with van der Waals surface area (Å²) in [6.45, 7) is 0. The number of aliphatic imine (C=N–C) groups is 1. The molecule has 0 unspecified atom stereocenters. The molecular weight excluding hydrogens is 307 g/mol. The van der Waals surface area contributed by atoms with Crippen molar-refractivity contribution in [3.63, 3.8) is 0 Å². The summed E-state index contributed by atoms with van der Waals surface area (Å²) >= 11 is 4.18. The maximum atomic E-state index is 13.3. The molecule has 0 aliphatic carbocycles. The molecule has 0 aliphatic rings. The molecule has 0 bridgehead atoms. The van der Waals surface area contributed by atoms with Crippen LogP contribution in [0.25, 0.3) is 0 Å². The first kappa shape index (κ1) is 13.5. The molecule has 1 aromatic carbocycles. The van der Waals surface area contributed by atoms with Gasteiger partial charge in [0.2, 0.25) is 0 Å². The number of benzene rings is 1. The first-order chi connectivity index (χ1) is 8.12. The normalized spacial score (nSPS) is 10.5. The summed E-state index contributed by atoms with van der Waals surface area (Å²) in [5, 5.41) is 20.0. The predicted octanol–water partition coefficient (Wildman–Crippen LogP) is 2.88. The SMILES string of the molecule is CSC(=Nc1cc(F)c(Br)cc1C#N)NC#N. The Hall–Kier alpha value is -1.57. The van der Waals surface area contributed by atoms with Gasteiger partial charge in [-0.1, -0.05) is 11.8 Å². The highest BCUT2D eigenvalue weighted by Gasteiger charge is 2.08. The Morgan fingerprint density at radius 2 is 2.24 bits per heavy atom. The molecule has 0 aromatic heterocycles. The molecule has 0 saturated heterocycles. The second-order valence-electron chi connectivity index (χ2n) is 2.75. The van der Waals surface area contributed by atoms with Crippen LogP contribution in [-0.4, -0.2) is 11.4 Å². The van der Waals surface area contributed by atoms with Gasteiger partial charge in [-0.3, -0.25) is 5.32 Å². The third kappa shape index (κ3) is 3.45. The average molecular weight is 313 g/mol. The standard InChI is InChI=1S/C10H6BrFN4S/c1-17-10(15-5-14)16-9-3-8(12)7(11)2-6(9)4-13/h2-3H,1H3,(H,15,16). The van der Waals surface area contributed by atoms with Gasteiger partial charge in [-0.05, 0) is 28.3 Å². The number of thioether (sulfide) groups is 1. The third-order valence-corrected chi connectivity index (χ3v) is 2.92. The second kappa shape index (κ2) is 6.24. The fourth-order valence-corrected chi connectivity index (χ4v) is 1.68. The lowest BCUT2D eigenvalue weighted by molar-refractivity contribution is 0.621. The minimum atomic E-state index is -0.514. The molecule has 4 nitrogen and oxygen atoms in total. The molecule has 1 aromatic rings. The number of hydrogen-bond donors (Lipinski definition) is 1. The van der Waals surface area contributed by atoms with Crippen LogP contribution >= 0.6 is 27.7 Å². The van der Waals surface area contributed by atoms with Crippen LogP contribution in [0.3, 0.4) is 0 Å². The van der Waals surface area contributed by atoms with Gasteiger partial charge in [0, 0.05) is 6.07 Å². The zero-order chi connectivity index (χ0) is 12.8. The summed E-state index contributed by atoms with van der Waals surface area (Å²) in [6, 6.07) is 4.39. The molecule has 1 rings (SSSR count). The van der Waals surface area contributed by atoms with Crippen LogP contribution in [0.1, 0.15) is 5.56 Å². The zero-order valence-corrected chi connectivity index (χ0v) is 11.1. The highest BCUT2D eigenvalue weighted by atomic mass is 79.9.